The van der Waals surface area contributed by atoms with Gasteiger partial charge in [0.1, 0.15) is 6.10 Å². The Labute approximate surface area is 81.7 Å². The molecule has 0 aliphatic rings. The van der Waals surface area contributed by atoms with Crippen molar-refractivity contribution in [2.45, 2.75) is 19.6 Å². The van der Waals surface area contributed by atoms with E-state index in [1.165, 1.54) is 7.11 Å². The zero-order valence-electron chi connectivity index (χ0n) is 7.74. The van der Waals surface area contributed by atoms with Gasteiger partial charge in [-0.2, -0.15) is 0 Å². The minimum atomic E-state index is -0.375. The highest BCUT2D eigenvalue weighted by Crippen LogP contribution is 2.07. The number of rotatable bonds is 4. The molecule has 72 valence electrons. The van der Waals surface area contributed by atoms with E-state index in [4.69, 9.17) is 4.74 Å². The molecule has 1 amide bonds. The average molecular weight is 199 g/mol. The summed E-state index contributed by atoms with van der Waals surface area (Å²) in [6.45, 7) is 2.31. The number of carbonyl (C=O) groups is 1. The predicted octanol–water partition coefficient (Wildman–Crippen LogP) is 1.40. The smallest absolute Gasteiger partial charge is 0.249 e. The first-order valence-electron chi connectivity index (χ1n) is 4.07. The summed E-state index contributed by atoms with van der Waals surface area (Å²) in [5.74, 6) is -0.0732. The van der Waals surface area contributed by atoms with E-state index in [1.54, 1.807) is 18.3 Å². The highest BCUT2D eigenvalue weighted by Gasteiger charge is 2.10. The zero-order valence-corrected chi connectivity index (χ0v) is 8.56. The molecule has 1 unspecified atom stereocenters. The summed E-state index contributed by atoms with van der Waals surface area (Å²) < 4.78 is 4.87. The lowest BCUT2D eigenvalue weighted by molar-refractivity contribution is -0.130. The monoisotopic (exact) mass is 199 g/mol. The molecule has 0 spiro atoms. The average Bonchev–Trinajstić information content (AvgIpc) is 2.65. The van der Waals surface area contributed by atoms with E-state index in [9.17, 15) is 4.79 Å². The Morgan fingerprint density at radius 3 is 3.08 bits per heavy atom. The fraction of sp³-hybridized carbons (Fsp3) is 0.444. The third-order valence-corrected chi connectivity index (χ3v) is 2.62. The van der Waals surface area contributed by atoms with Gasteiger partial charge in [-0.1, -0.05) is 6.07 Å². The molecule has 3 nitrogen and oxygen atoms in total. The lowest BCUT2D eigenvalue weighted by Gasteiger charge is -2.08. The van der Waals surface area contributed by atoms with E-state index in [0.29, 0.717) is 6.54 Å². The number of nitrogens with one attached hydrogen (secondary N) is 1. The summed E-state index contributed by atoms with van der Waals surface area (Å²) in [7, 11) is 1.52. The number of hydrogen-bond acceptors (Lipinski definition) is 3. The maximum absolute atomic E-state index is 11.2. The second-order valence-corrected chi connectivity index (χ2v) is 3.71. The van der Waals surface area contributed by atoms with E-state index in [1.807, 2.05) is 17.5 Å². The van der Waals surface area contributed by atoms with Crippen LogP contribution in [0, 0.1) is 0 Å². The van der Waals surface area contributed by atoms with Crippen LogP contribution in [-0.2, 0) is 16.1 Å². The molecule has 0 aromatic carbocycles. The van der Waals surface area contributed by atoms with Gasteiger partial charge < -0.3 is 10.1 Å². The van der Waals surface area contributed by atoms with Crippen LogP contribution >= 0.6 is 11.3 Å². The van der Waals surface area contributed by atoms with Gasteiger partial charge in [-0.15, -0.1) is 11.3 Å². The minimum Gasteiger partial charge on any atom is -0.372 e. The van der Waals surface area contributed by atoms with Crippen LogP contribution < -0.4 is 5.32 Å². The quantitative estimate of drug-likeness (QED) is 0.796. The first kappa shape index (κ1) is 10.2. The number of carbonyl (C=O) groups excluding carboxylic acids is 1. The van der Waals surface area contributed by atoms with Crippen LogP contribution in [0.15, 0.2) is 17.5 Å². The molecule has 1 heterocycles. The van der Waals surface area contributed by atoms with Crippen LogP contribution in [0.2, 0.25) is 0 Å². The van der Waals surface area contributed by atoms with Crippen LogP contribution in [-0.4, -0.2) is 19.1 Å². The van der Waals surface area contributed by atoms with Gasteiger partial charge in [-0.25, -0.2) is 0 Å². The van der Waals surface area contributed by atoms with Gasteiger partial charge in [-0.05, 0) is 18.4 Å². The molecule has 0 bridgehead atoms. The summed E-state index contributed by atoms with van der Waals surface area (Å²) in [5, 5.41) is 4.77. The highest BCUT2D eigenvalue weighted by atomic mass is 32.1. The second-order valence-electron chi connectivity index (χ2n) is 2.68. The Morgan fingerprint density at radius 1 is 1.77 bits per heavy atom. The molecular formula is C9H13NO2S. The van der Waals surface area contributed by atoms with Crippen molar-refractivity contribution in [3.63, 3.8) is 0 Å². The number of methoxy groups -OCH3 is 1. The van der Waals surface area contributed by atoms with Gasteiger partial charge in [0.25, 0.3) is 0 Å². The molecule has 4 heteroatoms. The molecule has 1 aromatic heterocycles. The first-order valence-corrected chi connectivity index (χ1v) is 4.95. The van der Waals surface area contributed by atoms with Gasteiger partial charge in [0, 0.05) is 12.0 Å². The van der Waals surface area contributed by atoms with Crippen LogP contribution in [0.1, 0.15) is 11.8 Å². The van der Waals surface area contributed by atoms with Crippen molar-refractivity contribution in [2.24, 2.45) is 0 Å². The van der Waals surface area contributed by atoms with Crippen LogP contribution in [0.4, 0.5) is 0 Å². The standard InChI is InChI=1S/C9H13NO2S/c1-7(12-2)9(11)10-6-8-4-3-5-13-8/h3-5,7H,6H2,1-2H3,(H,10,11). The van der Waals surface area contributed by atoms with E-state index < -0.39 is 0 Å². The maximum Gasteiger partial charge on any atom is 0.249 e. The lowest BCUT2D eigenvalue weighted by atomic mass is 10.3. The Kier molecular flexibility index (Phi) is 3.92. The van der Waals surface area contributed by atoms with Crippen molar-refractivity contribution in [1.29, 1.82) is 0 Å². The minimum absolute atomic E-state index is 0.0732. The Bertz CT molecular complexity index is 259. The molecule has 0 fully saturated rings. The first-order chi connectivity index (χ1) is 6.24. The Hall–Kier alpha value is -0.870. The van der Waals surface area contributed by atoms with Crippen LogP contribution in [0.3, 0.4) is 0 Å². The fourth-order valence-electron chi connectivity index (χ4n) is 0.838. The van der Waals surface area contributed by atoms with Crippen molar-refractivity contribution in [3.8, 4) is 0 Å². The maximum atomic E-state index is 11.2. The summed E-state index contributed by atoms with van der Waals surface area (Å²) in [4.78, 5) is 12.4. The van der Waals surface area contributed by atoms with Crippen molar-refractivity contribution in [2.75, 3.05) is 7.11 Å². The van der Waals surface area contributed by atoms with E-state index in [2.05, 4.69) is 5.32 Å². The van der Waals surface area contributed by atoms with Crippen molar-refractivity contribution >= 4 is 17.2 Å². The molecular weight excluding hydrogens is 186 g/mol. The van der Waals surface area contributed by atoms with Gasteiger partial charge in [0.05, 0.1) is 6.54 Å². The molecule has 1 rings (SSSR count). The van der Waals surface area contributed by atoms with Crippen LogP contribution in [0.25, 0.3) is 0 Å². The molecule has 0 aliphatic heterocycles. The molecule has 0 saturated carbocycles. The van der Waals surface area contributed by atoms with Gasteiger partial charge >= 0.3 is 0 Å². The Balaban J connectivity index is 2.31. The van der Waals surface area contributed by atoms with Crippen molar-refractivity contribution in [1.82, 2.24) is 5.32 Å². The fourth-order valence-corrected chi connectivity index (χ4v) is 1.48. The largest absolute Gasteiger partial charge is 0.372 e. The second kappa shape index (κ2) is 4.99. The molecule has 0 aliphatic carbocycles. The molecule has 0 saturated heterocycles. The lowest BCUT2D eigenvalue weighted by Crippen LogP contribution is -2.33. The van der Waals surface area contributed by atoms with E-state index in [-0.39, 0.29) is 12.0 Å². The molecule has 0 radical (unpaired) electrons. The summed E-state index contributed by atoms with van der Waals surface area (Å²) >= 11 is 1.63. The van der Waals surface area contributed by atoms with E-state index in [0.717, 1.165) is 4.88 Å². The number of thiophene rings is 1. The Morgan fingerprint density at radius 2 is 2.54 bits per heavy atom. The topological polar surface area (TPSA) is 38.3 Å². The van der Waals surface area contributed by atoms with Crippen LogP contribution in [0.5, 0.6) is 0 Å². The molecule has 13 heavy (non-hydrogen) atoms. The predicted molar refractivity (Wildman–Crippen MR) is 52.6 cm³/mol. The molecule has 1 atom stereocenters. The molecule has 1 N–H and O–H groups in total. The SMILES string of the molecule is COC(C)C(=O)NCc1cccs1. The number of hydrogen-bond donors (Lipinski definition) is 1. The van der Waals surface area contributed by atoms with E-state index >= 15 is 0 Å². The normalized spacial score (nSPS) is 12.5. The van der Waals surface area contributed by atoms with Gasteiger partial charge in [0.15, 0.2) is 0 Å². The van der Waals surface area contributed by atoms with Gasteiger partial charge in [-0.3, -0.25) is 4.79 Å². The molecule has 1 aromatic rings. The number of amides is 1. The van der Waals surface area contributed by atoms with Gasteiger partial charge in [0.2, 0.25) is 5.91 Å². The third kappa shape index (κ3) is 3.16. The highest BCUT2D eigenvalue weighted by molar-refractivity contribution is 7.09. The van der Waals surface area contributed by atoms with Crippen molar-refractivity contribution < 1.29 is 9.53 Å². The summed E-state index contributed by atoms with van der Waals surface area (Å²) in [5.41, 5.74) is 0. The summed E-state index contributed by atoms with van der Waals surface area (Å²) in [6, 6.07) is 3.95. The van der Waals surface area contributed by atoms with Crippen molar-refractivity contribution in [3.05, 3.63) is 22.4 Å². The third-order valence-electron chi connectivity index (χ3n) is 1.74. The zero-order chi connectivity index (χ0) is 9.68. The summed E-state index contributed by atoms with van der Waals surface area (Å²) in [6.07, 6.45) is -0.375. The number of ether oxygens (including phenoxy) is 1.